The van der Waals surface area contributed by atoms with Gasteiger partial charge >= 0.3 is 36.4 Å². The molecule has 2 aliphatic heterocycles. The van der Waals surface area contributed by atoms with Crippen LogP contribution in [0.4, 0.5) is 45.3 Å². The Morgan fingerprint density at radius 2 is 1.37 bits per heavy atom. The third-order valence-corrected chi connectivity index (χ3v) is 5.89. The van der Waals surface area contributed by atoms with Crippen LogP contribution in [0.1, 0.15) is 18.5 Å². The van der Waals surface area contributed by atoms with Crippen molar-refractivity contribution in [1.29, 1.82) is 0 Å². The topological polar surface area (TPSA) is 166 Å². The number of aliphatic carboxylic acids is 3. The van der Waals surface area contributed by atoms with Crippen molar-refractivity contribution >= 4 is 23.7 Å². The zero-order valence-corrected chi connectivity index (χ0v) is 23.5. The molecular formula is C25H28F9N5O7. The molecule has 2 fully saturated rings. The number of aromatic nitrogens is 3. The van der Waals surface area contributed by atoms with E-state index in [2.05, 4.69) is 36.9 Å². The van der Waals surface area contributed by atoms with Gasteiger partial charge in [-0.2, -0.15) is 39.5 Å². The molecule has 1 spiro atoms. The standard InChI is InChI=1S/C19H25N5O.3C2HF3O2/c1-2-6-21-17(4-1)13-23-9-3-5-19(14-23)15-24(10-11-25-16-19)18-12-20-7-8-22-18;3*3-2(4,5)1(6)7/h1-2,4,6-8,12H,3,5,9-11,13-16H2;3*(H,6,7). The molecule has 0 aromatic carbocycles. The number of carboxylic acid groups (broad SMARTS) is 3. The maximum absolute atomic E-state index is 10.6. The summed E-state index contributed by atoms with van der Waals surface area (Å²) in [5.41, 5.74) is 1.29. The fourth-order valence-corrected chi connectivity index (χ4v) is 4.06. The summed E-state index contributed by atoms with van der Waals surface area (Å²) in [7, 11) is 0. The first kappa shape index (κ1) is 39.8. The van der Waals surface area contributed by atoms with Crippen LogP contribution in [0, 0.1) is 5.41 Å². The van der Waals surface area contributed by atoms with Crippen molar-refractivity contribution in [3.63, 3.8) is 0 Å². The van der Waals surface area contributed by atoms with Crippen LogP contribution in [0.25, 0.3) is 0 Å². The van der Waals surface area contributed by atoms with E-state index in [1.807, 2.05) is 18.5 Å². The molecule has 258 valence electrons. The fraction of sp³-hybridized carbons (Fsp3) is 0.520. The lowest BCUT2D eigenvalue weighted by molar-refractivity contribution is -0.193. The molecule has 2 saturated heterocycles. The largest absolute Gasteiger partial charge is 0.490 e. The van der Waals surface area contributed by atoms with Gasteiger partial charge in [-0.25, -0.2) is 19.4 Å². The molecule has 0 bridgehead atoms. The van der Waals surface area contributed by atoms with Gasteiger partial charge in [-0.15, -0.1) is 0 Å². The normalized spacial score (nSPS) is 18.8. The van der Waals surface area contributed by atoms with E-state index in [1.165, 1.54) is 12.8 Å². The molecule has 2 aromatic rings. The first-order valence-electron chi connectivity index (χ1n) is 12.8. The highest BCUT2D eigenvalue weighted by molar-refractivity contribution is 5.73. The number of piperidine rings is 1. The molecule has 2 aromatic heterocycles. The number of pyridine rings is 1. The van der Waals surface area contributed by atoms with Crippen molar-refractivity contribution < 1.29 is 74.0 Å². The highest BCUT2D eigenvalue weighted by atomic mass is 19.4. The molecule has 46 heavy (non-hydrogen) atoms. The summed E-state index contributed by atoms with van der Waals surface area (Å²) in [5.74, 6) is -7.32. The Morgan fingerprint density at radius 1 is 0.804 bits per heavy atom. The second-order valence-corrected chi connectivity index (χ2v) is 9.58. The summed E-state index contributed by atoms with van der Waals surface area (Å²) < 4.78 is 101. The van der Waals surface area contributed by atoms with Crippen LogP contribution < -0.4 is 4.90 Å². The van der Waals surface area contributed by atoms with Crippen LogP contribution in [0.2, 0.25) is 0 Å². The molecule has 12 nitrogen and oxygen atoms in total. The zero-order chi connectivity index (χ0) is 35.2. The summed E-state index contributed by atoms with van der Waals surface area (Å²) >= 11 is 0. The number of halogens is 9. The monoisotopic (exact) mass is 681 g/mol. The molecule has 21 heteroatoms. The van der Waals surface area contributed by atoms with Crippen LogP contribution in [0.15, 0.2) is 43.0 Å². The number of alkyl halides is 9. The smallest absolute Gasteiger partial charge is 0.475 e. The molecule has 0 radical (unpaired) electrons. The molecule has 3 N–H and O–H groups in total. The third kappa shape index (κ3) is 15.1. The molecule has 4 heterocycles. The van der Waals surface area contributed by atoms with Crippen LogP contribution in [-0.4, -0.2) is 111 Å². The van der Waals surface area contributed by atoms with Crippen LogP contribution >= 0.6 is 0 Å². The van der Waals surface area contributed by atoms with Crippen LogP contribution in [0.5, 0.6) is 0 Å². The molecule has 1 atom stereocenters. The fourth-order valence-electron chi connectivity index (χ4n) is 4.06. The maximum Gasteiger partial charge on any atom is 0.490 e. The lowest BCUT2D eigenvalue weighted by Gasteiger charge is -2.43. The van der Waals surface area contributed by atoms with E-state index in [0.29, 0.717) is 0 Å². The number of hydrogen-bond acceptors (Lipinski definition) is 9. The Kier molecular flexibility index (Phi) is 15.1. The summed E-state index contributed by atoms with van der Waals surface area (Å²) in [6, 6.07) is 6.14. The van der Waals surface area contributed by atoms with Crippen LogP contribution in [-0.2, 0) is 25.7 Å². The number of likely N-dealkylation sites (tertiary alicyclic amines) is 1. The highest BCUT2D eigenvalue weighted by Crippen LogP contribution is 2.34. The molecular weight excluding hydrogens is 653 g/mol. The van der Waals surface area contributed by atoms with E-state index in [0.717, 1.165) is 57.4 Å². The minimum absolute atomic E-state index is 0.154. The van der Waals surface area contributed by atoms with Crippen molar-refractivity contribution in [1.82, 2.24) is 19.9 Å². The minimum atomic E-state index is -5.08. The van der Waals surface area contributed by atoms with Gasteiger partial charge in [0.25, 0.3) is 0 Å². The summed E-state index contributed by atoms with van der Waals surface area (Å²) in [6.45, 7) is 6.50. The van der Waals surface area contributed by atoms with Gasteiger partial charge in [0.05, 0.1) is 25.1 Å². The van der Waals surface area contributed by atoms with Crippen molar-refractivity contribution in [2.24, 2.45) is 5.41 Å². The molecule has 2 aliphatic rings. The predicted molar refractivity (Wildman–Crippen MR) is 137 cm³/mol. The summed E-state index contributed by atoms with van der Waals surface area (Å²) in [5, 5.41) is 21.4. The van der Waals surface area contributed by atoms with Gasteiger partial charge < -0.3 is 25.0 Å². The van der Waals surface area contributed by atoms with Gasteiger partial charge in [0, 0.05) is 50.2 Å². The second-order valence-electron chi connectivity index (χ2n) is 9.58. The van der Waals surface area contributed by atoms with E-state index in [-0.39, 0.29) is 5.41 Å². The van der Waals surface area contributed by atoms with Crippen molar-refractivity contribution in [2.75, 3.05) is 44.3 Å². The van der Waals surface area contributed by atoms with Gasteiger partial charge in [0.1, 0.15) is 5.82 Å². The number of anilines is 1. The quantitative estimate of drug-likeness (QED) is 0.401. The van der Waals surface area contributed by atoms with Gasteiger partial charge in [-0.1, -0.05) is 6.07 Å². The number of nitrogens with zero attached hydrogens (tertiary/aromatic N) is 5. The van der Waals surface area contributed by atoms with E-state index in [9.17, 15) is 39.5 Å². The Morgan fingerprint density at radius 3 is 1.83 bits per heavy atom. The number of carboxylic acids is 3. The van der Waals surface area contributed by atoms with Crippen molar-refractivity contribution in [3.05, 3.63) is 48.7 Å². The van der Waals surface area contributed by atoms with Gasteiger partial charge in [0.15, 0.2) is 0 Å². The summed E-state index contributed by atoms with van der Waals surface area (Å²) in [6.07, 6.45) is -5.63. The predicted octanol–water partition coefficient (Wildman–Crippen LogP) is 3.89. The Bertz CT molecular complexity index is 1180. The molecule has 4 rings (SSSR count). The zero-order valence-electron chi connectivity index (χ0n) is 23.5. The average molecular weight is 682 g/mol. The first-order valence-corrected chi connectivity index (χ1v) is 12.8. The van der Waals surface area contributed by atoms with E-state index >= 15 is 0 Å². The number of ether oxygens (including phenoxy) is 1. The lowest BCUT2D eigenvalue weighted by atomic mass is 9.80. The Balaban J connectivity index is 0.000000413. The third-order valence-electron chi connectivity index (χ3n) is 5.89. The average Bonchev–Trinajstić information content (AvgIpc) is 3.16. The summed E-state index contributed by atoms with van der Waals surface area (Å²) in [4.78, 5) is 44.8. The van der Waals surface area contributed by atoms with Crippen LogP contribution in [0.3, 0.4) is 0 Å². The lowest BCUT2D eigenvalue weighted by Crippen LogP contribution is -2.50. The molecule has 1 unspecified atom stereocenters. The van der Waals surface area contributed by atoms with E-state index < -0.39 is 36.4 Å². The Hall–Kier alpha value is -4.27. The van der Waals surface area contributed by atoms with Gasteiger partial charge in [-0.05, 0) is 31.5 Å². The molecule has 0 saturated carbocycles. The Labute approximate surface area is 254 Å². The van der Waals surface area contributed by atoms with E-state index in [1.54, 1.807) is 12.4 Å². The maximum atomic E-state index is 10.6. The van der Waals surface area contributed by atoms with Gasteiger partial charge in [-0.3, -0.25) is 14.9 Å². The first-order chi connectivity index (χ1) is 21.2. The minimum Gasteiger partial charge on any atom is -0.475 e. The number of carbonyl (C=O) groups is 3. The number of hydrogen-bond donors (Lipinski definition) is 3. The second kappa shape index (κ2) is 17.4. The van der Waals surface area contributed by atoms with Gasteiger partial charge in [0.2, 0.25) is 0 Å². The molecule has 0 amide bonds. The SMILES string of the molecule is O=C(O)C(F)(F)F.O=C(O)C(F)(F)F.O=C(O)C(F)(F)F.c1ccc(CN2CCCC3(COCCN(c4cnccn4)C3)C2)nc1. The van der Waals surface area contributed by atoms with E-state index in [4.69, 9.17) is 34.4 Å². The van der Waals surface area contributed by atoms with Crippen molar-refractivity contribution in [3.8, 4) is 0 Å². The highest BCUT2D eigenvalue weighted by Gasteiger charge is 2.40. The number of rotatable bonds is 3. The van der Waals surface area contributed by atoms with Crippen molar-refractivity contribution in [2.45, 2.75) is 37.9 Å². The molecule has 0 aliphatic carbocycles.